The fourth-order valence-electron chi connectivity index (χ4n) is 0. The maximum Gasteiger partial charge on any atom is 2.00 e. The number of hydrogen-bond donors (Lipinski definition) is 0. The summed E-state index contributed by atoms with van der Waals surface area (Å²) < 4.78 is 2.00. The van der Waals surface area contributed by atoms with Crippen molar-refractivity contribution in [1.29, 1.82) is 0 Å². The smallest absolute Gasteiger partial charge is 0.333 e. The molecule has 0 atom stereocenters. The Morgan fingerprint density at radius 1 is 0.455 bits per heavy atom. The molecule has 0 fully saturated rings. The van der Waals surface area contributed by atoms with Gasteiger partial charge in [0.2, 0.25) is 0 Å². The van der Waals surface area contributed by atoms with Crippen molar-refractivity contribution >= 4 is 0 Å². The first-order valence-corrected chi connectivity index (χ1v) is 3.58. The van der Waals surface area contributed by atoms with Gasteiger partial charge in [0.05, 0.1) is 56.4 Å². The van der Waals surface area contributed by atoms with Crippen molar-refractivity contribution < 1.29 is 25.7 Å². The van der Waals surface area contributed by atoms with Gasteiger partial charge in [0.15, 0.2) is 0 Å². The van der Waals surface area contributed by atoms with Crippen molar-refractivity contribution in [2.24, 2.45) is 0 Å². The van der Waals surface area contributed by atoms with Gasteiger partial charge >= 0.3 is 16.8 Å². The van der Waals surface area contributed by atoms with Crippen LogP contribution in [0, 0.1) is 0 Å². The van der Waals surface area contributed by atoms with Gasteiger partial charge < -0.3 is 8.97 Å². The predicted octanol–water partition coefficient (Wildman–Crippen LogP) is 0.642. The third-order valence-electron chi connectivity index (χ3n) is 0. The molecule has 0 unspecified atom stereocenters. The summed E-state index contributed by atoms with van der Waals surface area (Å²) in [5.74, 6) is 0. The number of quaternary nitrogens is 2. The van der Waals surface area contributed by atoms with Gasteiger partial charge in [0.25, 0.3) is 0 Å². The molecule has 0 aromatic heterocycles. The second-order valence-corrected chi connectivity index (χ2v) is 5.37. The van der Waals surface area contributed by atoms with Crippen LogP contribution in [-0.2, 0) is 16.8 Å². The topological polar surface area (TPSA) is 0 Å². The Morgan fingerprint density at radius 3 is 0.455 bits per heavy atom. The molecular formula is C8H24CoN2+4. The van der Waals surface area contributed by atoms with Crippen LogP contribution in [0.15, 0.2) is 0 Å². The Balaban J connectivity index is -0.000000107. The summed E-state index contributed by atoms with van der Waals surface area (Å²) in [5, 5.41) is 0. The minimum atomic E-state index is 0. The zero-order valence-electron chi connectivity index (χ0n) is 9.23. The van der Waals surface area contributed by atoms with Crippen LogP contribution in [0.25, 0.3) is 0 Å². The average molecular weight is 207 g/mol. The van der Waals surface area contributed by atoms with E-state index in [1.165, 1.54) is 0 Å². The third kappa shape index (κ3) is 4070. The molecule has 0 aromatic rings. The van der Waals surface area contributed by atoms with Gasteiger partial charge in [-0.1, -0.05) is 0 Å². The van der Waals surface area contributed by atoms with Crippen LogP contribution < -0.4 is 0 Å². The van der Waals surface area contributed by atoms with Crippen molar-refractivity contribution in [1.82, 2.24) is 0 Å². The van der Waals surface area contributed by atoms with Gasteiger partial charge in [-0.15, -0.1) is 0 Å². The molecule has 1 radical (unpaired) electrons. The van der Waals surface area contributed by atoms with Crippen molar-refractivity contribution in [2.45, 2.75) is 0 Å². The molecule has 0 heterocycles. The zero-order chi connectivity index (χ0) is 9.00. The molecule has 0 N–H and O–H groups in total. The van der Waals surface area contributed by atoms with Gasteiger partial charge in [-0.05, 0) is 0 Å². The van der Waals surface area contributed by atoms with Crippen LogP contribution in [0.4, 0.5) is 0 Å². The van der Waals surface area contributed by atoms with E-state index in [0.717, 1.165) is 8.97 Å². The van der Waals surface area contributed by atoms with Crippen LogP contribution in [-0.4, -0.2) is 65.3 Å². The number of hydrogen-bond acceptors (Lipinski definition) is 0. The van der Waals surface area contributed by atoms with E-state index < -0.39 is 0 Å². The van der Waals surface area contributed by atoms with E-state index in [9.17, 15) is 0 Å². The molecule has 3 heteroatoms. The summed E-state index contributed by atoms with van der Waals surface area (Å²) in [6, 6.07) is 0. The average Bonchev–Trinajstić information content (AvgIpc) is 1.12. The first kappa shape index (κ1) is 17.5. The summed E-state index contributed by atoms with van der Waals surface area (Å²) in [7, 11) is 17.0. The van der Waals surface area contributed by atoms with Crippen LogP contribution in [0.2, 0.25) is 0 Å². The zero-order valence-corrected chi connectivity index (χ0v) is 10.3. The van der Waals surface area contributed by atoms with E-state index in [4.69, 9.17) is 0 Å². The molecule has 0 bridgehead atoms. The standard InChI is InChI=1S/2C4H12N.Co/c2*1-5(2,3)4;/h2*1-4H3;/q2*+1;+2. The summed E-state index contributed by atoms with van der Waals surface area (Å²) in [4.78, 5) is 0. The fraction of sp³-hybridized carbons (Fsp3) is 1.00. The van der Waals surface area contributed by atoms with E-state index in [1.54, 1.807) is 0 Å². The molecule has 11 heavy (non-hydrogen) atoms. The Kier molecular flexibility index (Phi) is 9.54. The van der Waals surface area contributed by atoms with Crippen molar-refractivity contribution in [3.05, 3.63) is 0 Å². The van der Waals surface area contributed by atoms with E-state index in [2.05, 4.69) is 56.4 Å². The molecular weight excluding hydrogens is 183 g/mol. The van der Waals surface area contributed by atoms with Gasteiger partial charge in [0, 0.05) is 0 Å². The van der Waals surface area contributed by atoms with Crippen LogP contribution in [0.1, 0.15) is 0 Å². The molecule has 0 saturated heterocycles. The molecule has 0 rings (SSSR count). The van der Waals surface area contributed by atoms with Gasteiger partial charge in [-0.25, -0.2) is 0 Å². The largest absolute Gasteiger partial charge is 2.00 e. The molecule has 0 saturated carbocycles. The molecule has 0 aliphatic carbocycles. The Bertz CT molecular complexity index is 55.1. The summed E-state index contributed by atoms with van der Waals surface area (Å²) in [5.41, 5.74) is 0. The molecule has 0 aromatic carbocycles. The Hall–Kier alpha value is 0.426. The minimum Gasteiger partial charge on any atom is -0.333 e. The quantitative estimate of drug-likeness (QED) is 0.511. The SMILES string of the molecule is C[N+](C)(C)C.C[N+](C)(C)C.[Co+2]. The minimum absolute atomic E-state index is 0. The van der Waals surface area contributed by atoms with Gasteiger partial charge in [-0.3, -0.25) is 0 Å². The van der Waals surface area contributed by atoms with Crippen molar-refractivity contribution in [3.63, 3.8) is 0 Å². The Morgan fingerprint density at radius 2 is 0.455 bits per heavy atom. The fourth-order valence-corrected chi connectivity index (χ4v) is 0. The maximum atomic E-state index is 2.12. The maximum absolute atomic E-state index is 2.12. The molecule has 2 nitrogen and oxygen atoms in total. The molecule has 0 aliphatic heterocycles. The van der Waals surface area contributed by atoms with Crippen LogP contribution >= 0.6 is 0 Å². The molecule has 0 spiro atoms. The normalized spacial score (nSPS) is 10.9. The van der Waals surface area contributed by atoms with Gasteiger partial charge in [0.1, 0.15) is 0 Å². The van der Waals surface area contributed by atoms with E-state index >= 15 is 0 Å². The summed E-state index contributed by atoms with van der Waals surface area (Å²) in [6.07, 6.45) is 0. The van der Waals surface area contributed by atoms with Crippen molar-refractivity contribution in [2.75, 3.05) is 56.4 Å². The number of rotatable bonds is 0. The summed E-state index contributed by atoms with van der Waals surface area (Å²) >= 11 is 0. The third-order valence-corrected chi connectivity index (χ3v) is 0. The van der Waals surface area contributed by atoms with E-state index in [1.807, 2.05) is 0 Å². The van der Waals surface area contributed by atoms with Crippen LogP contribution in [0.3, 0.4) is 0 Å². The molecule has 0 aliphatic rings. The monoisotopic (exact) mass is 207 g/mol. The van der Waals surface area contributed by atoms with E-state index in [-0.39, 0.29) is 16.8 Å². The van der Waals surface area contributed by atoms with Crippen LogP contribution in [0.5, 0.6) is 0 Å². The predicted molar refractivity (Wildman–Crippen MR) is 47.9 cm³/mol. The number of nitrogens with zero attached hydrogens (tertiary/aromatic N) is 2. The first-order valence-electron chi connectivity index (χ1n) is 3.58. The van der Waals surface area contributed by atoms with E-state index in [0.29, 0.717) is 0 Å². The Labute approximate surface area is 82.6 Å². The van der Waals surface area contributed by atoms with Crippen molar-refractivity contribution in [3.8, 4) is 0 Å². The molecule has 0 amide bonds. The molecule has 71 valence electrons. The first-order chi connectivity index (χ1) is 4.00. The second kappa shape index (κ2) is 6.00. The second-order valence-electron chi connectivity index (χ2n) is 5.37. The van der Waals surface area contributed by atoms with Gasteiger partial charge in [-0.2, -0.15) is 0 Å². The summed E-state index contributed by atoms with van der Waals surface area (Å²) in [6.45, 7) is 0.